The summed E-state index contributed by atoms with van der Waals surface area (Å²) in [4.78, 5) is 14.2. The zero-order valence-electron chi connectivity index (χ0n) is 11.0. The predicted octanol–water partition coefficient (Wildman–Crippen LogP) is 2.43. The second kappa shape index (κ2) is 5.29. The van der Waals surface area contributed by atoms with Crippen molar-refractivity contribution >= 4 is 17.3 Å². The highest BCUT2D eigenvalue weighted by Crippen LogP contribution is 2.34. The van der Waals surface area contributed by atoms with Crippen LogP contribution in [0.2, 0.25) is 0 Å². The average Bonchev–Trinajstić information content (AvgIpc) is 3.16. The van der Waals surface area contributed by atoms with E-state index in [4.69, 9.17) is 10.5 Å². The van der Waals surface area contributed by atoms with Crippen molar-refractivity contribution in [2.45, 2.75) is 32.7 Å². The van der Waals surface area contributed by atoms with Gasteiger partial charge in [0, 0.05) is 18.3 Å². The molecule has 0 aromatic heterocycles. The zero-order valence-corrected chi connectivity index (χ0v) is 11.0. The number of esters is 1. The summed E-state index contributed by atoms with van der Waals surface area (Å²) in [5.41, 5.74) is 7.87. The van der Waals surface area contributed by atoms with Crippen LogP contribution < -0.4 is 10.6 Å². The molecule has 0 spiro atoms. The second-order valence-corrected chi connectivity index (χ2v) is 4.51. The molecule has 0 radical (unpaired) electrons. The topological polar surface area (TPSA) is 55.6 Å². The number of rotatable bonds is 5. The quantitative estimate of drug-likeness (QED) is 0.642. The normalized spacial score (nSPS) is 14.3. The number of nitrogens with zero attached hydrogens (tertiary/aromatic N) is 1. The maximum Gasteiger partial charge on any atom is 0.340 e. The highest BCUT2D eigenvalue weighted by atomic mass is 16.5. The Kier molecular flexibility index (Phi) is 3.75. The van der Waals surface area contributed by atoms with E-state index in [0.717, 1.165) is 12.2 Å². The van der Waals surface area contributed by atoms with Crippen molar-refractivity contribution in [3.63, 3.8) is 0 Å². The number of benzene rings is 1. The molecule has 1 fully saturated rings. The maximum atomic E-state index is 12.0. The summed E-state index contributed by atoms with van der Waals surface area (Å²) in [5.74, 6) is -0.293. The molecule has 18 heavy (non-hydrogen) atoms. The maximum absolute atomic E-state index is 12.0. The summed E-state index contributed by atoms with van der Waals surface area (Å²) in [6, 6.07) is 6.03. The van der Waals surface area contributed by atoms with Gasteiger partial charge in [-0.3, -0.25) is 0 Å². The molecule has 0 saturated heterocycles. The Morgan fingerprint density at radius 3 is 2.72 bits per heavy atom. The molecule has 0 unspecified atom stereocenters. The average molecular weight is 248 g/mol. The first-order chi connectivity index (χ1) is 8.67. The molecule has 0 bridgehead atoms. The lowest BCUT2D eigenvalue weighted by atomic mass is 10.1. The van der Waals surface area contributed by atoms with E-state index in [-0.39, 0.29) is 5.97 Å². The summed E-state index contributed by atoms with van der Waals surface area (Å²) < 4.78 is 5.10. The molecular formula is C14H20N2O2. The van der Waals surface area contributed by atoms with Gasteiger partial charge in [-0.25, -0.2) is 4.79 Å². The van der Waals surface area contributed by atoms with E-state index in [0.29, 0.717) is 23.9 Å². The van der Waals surface area contributed by atoms with Crippen LogP contribution in [0, 0.1) is 0 Å². The Hall–Kier alpha value is -1.71. The second-order valence-electron chi connectivity index (χ2n) is 4.51. The van der Waals surface area contributed by atoms with Crippen molar-refractivity contribution < 1.29 is 9.53 Å². The summed E-state index contributed by atoms with van der Waals surface area (Å²) in [6.07, 6.45) is 2.39. The van der Waals surface area contributed by atoms with Gasteiger partial charge >= 0.3 is 5.97 Å². The monoisotopic (exact) mass is 248 g/mol. The van der Waals surface area contributed by atoms with Crippen LogP contribution >= 0.6 is 0 Å². The molecule has 0 aliphatic heterocycles. The first-order valence-electron chi connectivity index (χ1n) is 6.50. The molecule has 4 nitrogen and oxygen atoms in total. The van der Waals surface area contributed by atoms with Crippen LogP contribution in [0.1, 0.15) is 37.0 Å². The molecule has 1 aromatic carbocycles. The Labute approximate surface area is 108 Å². The fourth-order valence-electron chi connectivity index (χ4n) is 2.19. The minimum Gasteiger partial charge on any atom is -0.462 e. The molecular weight excluding hydrogens is 228 g/mol. The number of hydrogen-bond acceptors (Lipinski definition) is 4. The molecule has 98 valence electrons. The van der Waals surface area contributed by atoms with Crippen LogP contribution in [-0.2, 0) is 4.74 Å². The van der Waals surface area contributed by atoms with Gasteiger partial charge in [0.05, 0.1) is 17.9 Å². The molecule has 1 aliphatic carbocycles. The molecule has 4 heteroatoms. The number of anilines is 2. The van der Waals surface area contributed by atoms with Crippen molar-refractivity contribution in [3.05, 3.63) is 23.8 Å². The molecule has 1 aromatic rings. The zero-order chi connectivity index (χ0) is 13.1. The number of hydrogen-bond donors (Lipinski definition) is 1. The van der Waals surface area contributed by atoms with E-state index < -0.39 is 0 Å². The summed E-state index contributed by atoms with van der Waals surface area (Å²) in [7, 11) is 0. The number of carbonyl (C=O) groups is 1. The van der Waals surface area contributed by atoms with E-state index in [9.17, 15) is 4.79 Å². The Bertz CT molecular complexity index is 441. The SMILES string of the molecule is CCOC(=O)c1cc(N)ccc1N(CC)C1CC1. The summed E-state index contributed by atoms with van der Waals surface area (Å²) in [5, 5.41) is 0. The van der Waals surface area contributed by atoms with Crippen molar-refractivity contribution in [2.75, 3.05) is 23.8 Å². The lowest BCUT2D eigenvalue weighted by Crippen LogP contribution is -2.27. The van der Waals surface area contributed by atoms with Crippen molar-refractivity contribution in [2.24, 2.45) is 0 Å². The van der Waals surface area contributed by atoms with Crippen molar-refractivity contribution in [3.8, 4) is 0 Å². The van der Waals surface area contributed by atoms with E-state index in [2.05, 4.69) is 11.8 Å². The summed E-state index contributed by atoms with van der Waals surface area (Å²) >= 11 is 0. The van der Waals surface area contributed by atoms with Gasteiger partial charge in [0.1, 0.15) is 0 Å². The van der Waals surface area contributed by atoms with Crippen LogP contribution in [0.3, 0.4) is 0 Å². The lowest BCUT2D eigenvalue weighted by Gasteiger charge is -2.25. The summed E-state index contributed by atoms with van der Waals surface area (Å²) in [6.45, 7) is 5.18. The van der Waals surface area contributed by atoms with Gasteiger partial charge in [0.2, 0.25) is 0 Å². The van der Waals surface area contributed by atoms with Crippen LogP contribution in [0.5, 0.6) is 0 Å². The van der Waals surface area contributed by atoms with Crippen LogP contribution in [-0.4, -0.2) is 25.2 Å². The lowest BCUT2D eigenvalue weighted by molar-refractivity contribution is 0.0527. The third-order valence-electron chi connectivity index (χ3n) is 3.15. The number of nitrogens with two attached hydrogens (primary N) is 1. The van der Waals surface area contributed by atoms with Crippen LogP contribution in [0.15, 0.2) is 18.2 Å². The molecule has 2 rings (SSSR count). The van der Waals surface area contributed by atoms with E-state index in [1.165, 1.54) is 12.8 Å². The molecule has 2 N–H and O–H groups in total. The number of ether oxygens (including phenoxy) is 1. The van der Waals surface area contributed by atoms with Gasteiger partial charge in [0.15, 0.2) is 0 Å². The predicted molar refractivity (Wildman–Crippen MR) is 72.9 cm³/mol. The molecule has 0 atom stereocenters. The first-order valence-corrected chi connectivity index (χ1v) is 6.50. The van der Waals surface area contributed by atoms with Gasteiger partial charge in [-0.1, -0.05) is 0 Å². The van der Waals surface area contributed by atoms with Gasteiger partial charge in [-0.05, 0) is 44.9 Å². The third-order valence-corrected chi connectivity index (χ3v) is 3.15. The van der Waals surface area contributed by atoms with Gasteiger partial charge in [0.25, 0.3) is 0 Å². The standard InChI is InChI=1S/C14H20N2O2/c1-3-16(11-6-7-11)13-8-5-10(15)9-12(13)14(17)18-4-2/h5,8-9,11H,3-4,6-7,15H2,1-2H3. The van der Waals surface area contributed by atoms with Gasteiger partial charge in [-0.15, -0.1) is 0 Å². The highest BCUT2D eigenvalue weighted by molar-refractivity contribution is 5.97. The highest BCUT2D eigenvalue weighted by Gasteiger charge is 2.30. The molecule has 1 saturated carbocycles. The number of nitrogen functional groups attached to an aromatic ring is 1. The smallest absolute Gasteiger partial charge is 0.340 e. The fraction of sp³-hybridized carbons (Fsp3) is 0.500. The largest absolute Gasteiger partial charge is 0.462 e. The van der Waals surface area contributed by atoms with Gasteiger partial charge < -0.3 is 15.4 Å². The van der Waals surface area contributed by atoms with E-state index >= 15 is 0 Å². The minimum atomic E-state index is -0.293. The van der Waals surface area contributed by atoms with E-state index in [1.807, 2.05) is 19.1 Å². The van der Waals surface area contributed by atoms with Crippen LogP contribution in [0.25, 0.3) is 0 Å². The van der Waals surface area contributed by atoms with Gasteiger partial charge in [-0.2, -0.15) is 0 Å². The minimum absolute atomic E-state index is 0.293. The Balaban J connectivity index is 2.35. The molecule has 0 amide bonds. The molecule has 0 heterocycles. The first kappa shape index (κ1) is 12.7. The van der Waals surface area contributed by atoms with E-state index in [1.54, 1.807) is 6.07 Å². The molecule has 1 aliphatic rings. The van der Waals surface area contributed by atoms with Crippen molar-refractivity contribution in [1.82, 2.24) is 0 Å². The Morgan fingerprint density at radius 2 is 2.17 bits per heavy atom. The van der Waals surface area contributed by atoms with Crippen LogP contribution in [0.4, 0.5) is 11.4 Å². The number of carbonyl (C=O) groups excluding carboxylic acids is 1. The van der Waals surface area contributed by atoms with Crippen molar-refractivity contribution in [1.29, 1.82) is 0 Å². The fourth-order valence-corrected chi connectivity index (χ4v) is 2.19. The third kappa shape index (κ3) is 2.58. The Morgan fingerprint density at radius 1 is 1.44 bits per heavy atom.